The van der Waals surface area contributed by atoms with Crippen molar-refractivity contribution in [1.82, 2.24) is 10.6 Å². The van der Waals surface area contributed by atoms with Crippen LogP contribution in [0.2, 0.25) is 0 Å². The van der Waals surface area contributed by atoms with E-state index in [2.05, 4.69) is 10.6 Å². The van der Waals surface area contributed by atoms with E-state index >= 15 is 0 Å². The van der Waals surface area contributed by atoms with Gasteiger partial charge < -0.3 is 20.5 Å². The summed E-state index contributed by atoms with van der Waals surface area (Å²) in [4.78, 5) is 11.8. The molecule has 0 heterocycles. The molecule has 0 fully saturated rings. The Bertz CT molecular complexity index is 547. The molecule has 1 rings (SSSR count). The first-order valence-corrected chi connectivity index (χ1v) is 7.65. The number of carbonyl (C=O) groups excluding carboxylic acids is 1. The van der Waals surface area contributed by atoms with Crippen molar-refractivity contribution in [3.05, 3.63) is 41.6 Å². The third-order valence-corrected chi connectivity index (χ3v) is 3.06. The van der Waals surface area contributed by atoms with Crippen LogP contribution in [0.15, 0.2) is 36.0 Å². The molecular formula is C17H23N3O3. The van der Waals surface area contributed by atoms with Crippen molar-refractivity contribution in [2.75, 3.05) is 26.3 Å². The number of nitriles is 1. The zero-order chi connectivity index (χ0) is 16.9. The van der Waals surface area contributed by atoms with Gasteiger partial charge in [0.1, 0.15) is 17.4 Å². The van der Waals surface area contributed by atoms with Crippen molar-refractivity contribution < 1.29 is 14.6 Å². The standard InChI is InChI=1S/C17H23N3O3/c1-2-23-11-3-9-20-17(22)15(12-18)13-19-10-8-14-4-6-16(21)7-5-14/h4-7,13,19,21H,2-3,8-11H2,1H3,(H,20,22)/b15-13-. The van der Waals surface area contributed by atoms with Crippen LogP contribution in [-0.4, -0.2) is 37.3 Å². The van der Waals surface area contributed by atoms with Crippen molar-refractivity contribution in [2.45, 2.75) is 19.8 Å². The number of amides is 1. The van der Waals surface area contributed by atoms with E-state index in [1.165, 1.54) is 6.20 Å². The van der Waals surface area contributed by atoms with E-state index in [0.29, 0.717) is 32.7 Å². The van der Waals surface area contributed by atoms with Gasteiger partial charge in [0, 0.05) is 32.5 Å². The van der Waals surface area contributed by atoms with Gasteiger partial charge in [-0.3, -0.25) is 4.79 Å². The molecule has 0 saturated carbocycles. The van der Waals surface area contributed by atoms with Crippen molar-refractivity contribution in [3.63, 3.8) is 0 Å². The third kappa shape index (κ3) is 7.88. The lowest BCUT2D eigenvalue weighted by Crippen LogP contribution is -2.27. The average molecular weight is 317 g/mol. The minimum atomic E-state index is -0.388. The number of rotatable bonds is 10. The SMILES string of the molecule is CCOCCCNC(=O)/C(C#N)=C\NCCc1ccc(O)cc1. The highest BCUT2D eigenvalue weighted by molar-refractivity contribution is 5.97. The summed E-state index contributed by atoms with van der Waals surface area (Å²) in [6.07, 6.45) is 2.87. The first-order valence-electron chi connectivity index (χ1n) is 7.65. The Morgan fingerprint density at radius 1 is 1.35 bits per heavy atom. The minimum absolute atomic E-state index is 0.0483. The lowest BCUT2D eigenvalue weighted by molar-refractivity contribution is -0.117. The van der Waals surface area contributed by atoms with Gasteiger partial charge >= 0.3 is 0 Å². The highest BCUT2D eigenvalue weighted by atomic mass is 16.5. The van der Waals surface area contributed by atoms with Crippen LogP contribution in [0, 0.1) is 11.3 Å². The number of hydrogen-bond acceptors (Lipinski definition) is 5. The zero-order valence-corrected chi connectivity index (χ0v) is 13.3. The van der Waals surface area contributed by atoms with Crippen LogP contribution in [0.4, 0.5) is 0 Å². The third-order valence-electron chi connectivity index (χ3n) is 3.06. The van der Waals surface area contributed by atoms with Crippen molar-refractivity contribution >= 4 is 5.91 Å². The molecule has 0 aliphatic rings. The van der Waals surface area contributed by atoms with Gasteiger partial charge in [0.2, 0.25) is 0 Å². The lowest BCUT2D eigenvalue weighted by atomic mass is 10.1. The fourth-order valence-corrected chi connectivity index (χ4v) is 1.82. The van der Waals surface area contributed by atoms with Crippen LogP contribution < -0.4 is 10.6 Å². The van der Waals surface area contributed by atoms with E-state index < -0.39 is 0 Å². The Morgan fingerprint density at radius 3 is 2.74 bits per heavy atom. The van der Waals surface area contributed by atoms with E-state index in [0.717, 1.165) is 12.0 Å². The summed E-state index contributed by atoms with van der Waals surface area (Å²) in [5.74, 6) is -0.157. The predicted octanol–water partition coefficient (Wildman–Crippen LogP) is 1.47. The summed E-state index contributed by atoms with van der Waals surface area (Å²) >= 11 is 0. The fraction of sp³-hybridized carbons (Fsp3) is 0.412. The minimum Gasteiger partial charge on any atom is -0.508 e. The molecule has 0 aliphatic carbocycles. The van der Waals surface area contributed by atoms with Crippen LogP contribution in [0.25, 0.3) is 0 Å². The van der Waals surface area contributed by atoms with Gasteiger partial charge in [0.05, 0.1) is 0 Å². The van der Waals surface area contributed by atoms with Gasteiger partial charge in [-0.2, -0.15) is 5.26 Å². The van der Waals surface area contributed by atoms with Gasteiger partial charge in [-0.25, -0.2) is 0 Å². The number of aromatic hydroxyl groups is 1. The van der Waals surface area contributed by atoms with Gasteiger partial charge in [-0.1, -0.05) is 12.1 Å². The number of carbonyl (C=O) groups is 1. The van der Waals surface area contributed by atoms with Crippen molar-refractivity contribution in [3.8, 4) is 11.8 Å². The second kappa shape index (κ2) is 11.1. The molecule has 0 aromatic heterocycles. The van der Waals surface area contributed by atoms with Crippen LogP contribution in [-0.2, 0) is 16.0 Å². The van der Waals surface area contributed by atoms with Gasteiger partial charge in [-0.05, 0) is 37.5 Å². The van der Waals surface area contributed by atoms with Crippen LogP contribution in [0.5, 0.6) is 5.75 Å². The monoisotopic (exact) mass is 317 g/mol. The molecule has 0 radical (unpaired) electrons. The van der Waals surface area contributed by atoms with E-state index in [4.69, 9.17) is 10.00 Å². The molecular weight excluding hydrogens is 294 g/mol. The second-order valence-electron chi connectivity index (χ2n) is 4.85. The molecule has 0 saturated heterocycles. The first kappa shape index (κ1) is 18.5. The summed E-state index contributed by atoms with van der Waals surface area (Å²) in [7, 11) is 0. The van der Waals surface area contributed by atoms with Gasteiger partial charge in [-0.15, -0.1) is 0 Å². The largest absolute Gasteiger partial charge is 0.508 e. The maximum Gasteiger partial charge on any atom is 0.263 e. The Balaban J connectivity index is 2.30. The van der Waals surface area contributed by atoms with E-state index in [1.54, 1.807) is 12.1 Å². The maximum absolute atomic E-state index is 11.8. The number of benzene rings is 1. The van der Waals surface area contributed by atoms with E-state index in [1.807, 2.05) is 25.1 Å². The predicted molar refractivity (Wildman–Crippen MR) is 87.6 cm³/mol. The molecule has 0 unspecified atom stereocenters. The highest BCUT2D eigenvalue weighted by Gasteiger charge is 2.07. The number of phenols is 1. The molecule has 23 heavy (non-hydrogen) atoms. The summed E-state index contributed by atoms with van der Waals surface area (Å²) in [6, 6.07) is 8.80. The first-order chi connectivity index (χ1) is 11.2. The zero-order valence-electron chi connectivity index (χ0n) is 13.3. The molecule has 1 aromatic carbocycles. The smallest absolute Gasteiger partial charge is 0.263 e. The Morgan fingerprint density at radius 2 is 2.09 bits per heavy atom. The highest BCUT2D eigenvalue weighted by Crippen LogP contribution is 2.09. The summed E-state index contributed by atoms with van der Waals surface area (Å²) in [5.41, 5.74) is 1.11. The molecule has 0 spiro atoms. The van der Waals surface area contributed by atoms with Crippen molar-refractivity contribution in [1.29, 1.82) is 5.26 Å². The topological polar surface area (TPSA) is 94.4 Å². The van der Waals surface area contributed by atoms with E-state index in [-0.39, 0.29) is 17.2 Å². The summed E-state index contributed by atoms with van der Waals surface area (Å²) in [6.45, 7) is 4.23. The summed E-state index contributed by atoms with van der Waals surface area (Å²) < 4.78 is 5.17. The maximum atomic E-state index is 11.8. The number of phenolic OH excluding ortho intramolecular Hbond substituents is 1. The molecule has 6 heteroatoms. The van der Waals surface area contributed by atoms with E-state index in [9.17, 15) is 9.90 Å². The number of nitrogens with one attached hydrogen (secondary N) is 2. The number of ether oxygens (including phenoxy) is 1. The van der Waals surface area contributed by atoms with Crippen LogP contribution >= 0.6 is 0 Å². The number of nitrogens with zero attached hydrogens (tertiary/aromatic N) is 1. The second-order valence-corrected chi connectivity index (χ2v) is 4.85. The lowest BCUT2D eigenvalue weighted by Gasteiger charge is -2.05. The molecule has 6 nitrogen and oxygen atoms in total. The molecule has 0 atom stereocenters. The molecule has 0 aliphatic heterocycles. The Hall–Kier alpha value is -2.52. The van der Waals surface area contributed by atoms with Crippen LogP contribution in [0.1, 0.15) is 18.9 Å². The molecule has 0 bridgehead atoms. The average Bonchev–Trinajstić information content (AvgIpc) is 2.56. The Labute approximate surface area is 136 Å². The van der Waals surface area contributed by atoms with Crippen molar-refractivity contribution in [2.24, 2.45) is 0 Å². The van der Waals surface area contributed by atoms with Gasteiger partial charge in [0.25, 0.3) is 5.91 Å². The quantitative estimate of drug-likeness (QED) is 0.345. The molecule has 1 aromatic rings. The molecule has 3 N–H and O–H groups in total. The molecule has 1 amide bonds. The Kier molecular flexibility index (Phi) is 8.94. The normalized spacial score (nSPS) is 10.9. The van der Waals surface area contributed by atoms with Gasteiger partial charge in [0.15, 0.2) is 0 Å². The molecule has 124 valence electrons. The number of hydrogen-bond donors (Lipinski definition) is 3. The fourth-order valence-electron chi connectivity index (χ4n) is 1.82. The summed E-state index contributed by atoms with van der Waals surface area (Å²) in [5, 5.41) is 23.9. The van der Waals surface area contributed by atoms with Crippen LogP contribution in [0.3, 0.4) is 0 Å².